The van der Waals surface area contributed by atoms with E-state index in [1.54, 1.807) is 25.1 Å². The van der Waals surface area contributed by atoms with Gasteiger partial charge in [0.25, 0.3) is 5.69 Å². The highest BCUT2D eigenvalue weighted by Crippen LogP contribution is 2.40. The standard InChI is InChI=1S/C26H26ClFN8O3/c1-16-31-15-35(34-16)22-9-6-19(36(37)38)14-23(22)39-13-12-29-10-11-30-25-21-8-7-20(24(21)32-26(27)33-25)17-2-4-18(28)5-3-17/h2-6,9,14-15,20,29H,7-8,10-13H2,1H3,(H,30,32,33). The van der Waals surface area contributed by atoms with Crippen LogP contribution < -0.4 is 15.4 Å². The number of non-ortho nitro benzene ring substituents is 1. The average Bonchev–Trinajstić information content (AvgIpc) is 3.54. The minimum Gasteiger partial charge on any atom is -0.490 e. The molecule has 0 bridgehead atoms. The topological polar surface area (TPSA) is 133 Å². The predicted octanol–water partition coefficient (Wildman–Crippen LogP) is 4.23. The summed E-state index contributed by atoms with van der Waals surface area (Å²) in [7, 11) is 0. The van der Waals surface area contributed by atoms with E-state index in [9.17, 15) is 14.5 Å². The van der Waals surface area contributed by atoms with E-state index in [-0.39, 0.29) is 29.3 Å². The zero-order valence-corrected chi connectivity index (χ0v) is 21.9. The summed E-state index contributed by atoms with van der Waals surface area (Å²) >= 11 is 6.23. The molecule has 4 aromatic rings. The lowest BCUT2D eigenvalue weighted by molar-refractivity contribution is -0.384. The van der Waals surface area contributed by atoms with Gasteiger partial charge in [0.05, 0.1) is 16.7 Å². The number of ether oxygens (including phenoxy) is 1. The van der Waals surface area contributed by atoms with Gasteiger partial charge in [-0.05, 0) is 55.1 Å². The van der Waals surface area contributed by atoms with Gasteiger partial charge in [-0.25, -0.2) is 24.0 Å². The number of benzene rings is 2. The number of rotatable bonds is 11. The van der Waals surface area contributed by atoms with Crippen molar-refractivity contribution in [1.82, 2.24) is 30.0 Å². The fourth-order valence-electron chi connectivity index (χ4n) is 4.61. The number of nitro benzene ring substituents is 1. The molecule has 2 aromatic heterocycles. The number of anilines is 1. The molecule has 0 aliphatic heterocycles. The van der Waals surface area contributed by atoms with E-state index < -0.39 is 4.92 Å². The molecule has 2 aromatic carbocycles. The van der Waals surface area contributed by atoms with Gasteiger partial charge in [0.2, 0.25) is 5.28 Å². The van der Waals surface area contributed by atoms with Crippen molar-refractivity contribution in [3.8, 4) is 11.4 Å². The summed E-state index contributed by atoms with van der Waals surface area (Å²) in [6, 6.07) is 10.9. The lowest BCUT2D eigenvalue weighted by atomic mass is 9.97. The zero-order valence-electron chi connectivity index (χ0n) is 21.1. The van der Waals surface area contributed by atoms with Gasteiger partial charge in [-0.15, -0.1) is 0 Å². The largest absolute Gasteiger partial charge is 0.490 e. The van der Waals surface area contributed by atoms with Crippen LogP contribution in [-0.4, -0.2) is 55.9 Å². The monoisotopic (exact) mass is 552 g/mol. The second-order valence-corrected chi connectivity index (χ2v) is 9.36. The number of aromatic nitrogens is 5. The van der Waals surface area contributed by atoms with Crippen LogP contribution in [0.3, 0.4) is 0 Å². The number of aryl methyl sites for hydroxylation is 1. The predicted molar refractivity (Wildman–Crippen MR) is 143 cm³/mol. The normalized spacial score (nSPS) is 14.3. The van der Waals surface area contributed by atoms with E-state index in [1.807, 2.05) is 0 Å². The summed E-state index contributed by atoms with van der Waals surface area (Å²) in [5, 5.41) is 22.3. The van der Waals surface area contributed by atoms with Crippen molar-refractivity contribution in [2.45, 2.75) is 25.7 Å². The lowest BCUT2D eigenvalue weighted by Gasteiger charge is -2.14. The fourth-order valence-corrected chi connectivity index (χ4v) is 4.79. The molecule has 1 atom stereocenters. The van der Waals surface area contributed by atoms with Gasteiger partial charge in [-0.3, -0.25) is 10.1 Å². The van der Waals surface area contributed by atoms with Crippen LogP contribution in [0.4, 0.5) is 15.9 Å². The maximum absolute atomic E-state index is 13.4. The summed E-state index contributed by atoms with van der Waals surface area (Å²) in [5.41, 5.74) is 3.40. The molecule has 0 amide bonds. The quantitative estimate of drug-likeness (QED) is 0.121. The van der Waals surface area contributed by atoms with Crippen LogP contribution in [0.2, 0.25) is 5.28 Å². The summed E-state index contributed by atoms with van der Waals surface area (Å²) in [5.74, 6) is 1.41. The Morgan fingerprint density at radius 2 is 2.00 bits per heavy atom. The Balaban J connectivity index is 1.14. The van der Waals surface area contributed by atoms with Gasteiger partial charge in [0.1, 0.15) is 36.1 Å². The van der Waals surface area contributed by atoms with E-state index >= 15 is 0 Å². The molecular formula is C26H26ClFN8O3. The molecule has 0 saturated heterocycles. The lowest BCUT2D eigenvalue weighted by Crippen LogP contribution is -2.27. The van der Waals surface area contributed by atoms with Crippen molar-refractivity contribution in [1.29, 1.82) is 0 Å². The number of nitro groups is 1. The first-order valence-electron chi connectivity index (χ1n) is 12.5. The summed E-state index contributed by atoms with van der Waals surface area (Å²) in [6.07, 6.45) is 3.19. The Morgan fingerprint density at radius 3 is 2.74 bits per heavy atom. The molecule has 2 N–H and O–H groups in total. The molecule has 11 nitrogen and oxygen atoms in total. The van der Waals surface area contributed by atoms with E-state index in [1.165, 1.54) is 35.3 Å². The first kappa shape index (κ1) is 26.4. The van der Waals surface area contributed by atoms with Crippen molar-refractivity contribution in [2.75, 3.05) is 31.6 Å². The molecule has 1 aliphatic carbocycles. The highest BCUT2D eigenvalue weighted by molar-refractivity contribution is 6.28. The smallest absolute Gasteiger partial charge is 0.273 e. The molecule has 0 fully saturated rings. The van der Waals surface area contributed by atoms with Gasteiger partial charge < -0.3 is 15.4 Å². The van der Waals surface area contributed by atoms with Gasteiger partial charge in [-0.2, -0.15) is 5.10 Å². The molecule has 1 aliphatic rings. The second kappa shape index (κ2) is 11.7. The fraction of sp³-hybridized carbons (Fsp3) is 0.308. The Labute approximate surface area is 228 Å². The first-order chi connectivity index (χ1) is 18.9. The van der Waals surface area contributed by atoms with Crippen LogP contribution in [-0.2, 0) is 6.42 Å². The van der Waals surface area contributed by atoms with Crippen LogP contribution in [0.25, 0.3) is 5.69 Å². The molecule has 0 radical (unpaired) electrons. The number of nitrogens with zero attached hydrogens (tertiary/aromatic N) is 6. The Bertz CT molecular complexity index is 1480. The van der Waals surface area contributed by atoms with E-state index in [0.29, 0.717) is 42.7 Å². The van der Waals surface area contributed by atoms with E-state index in [0.717, 1.165) is 29.7 Å². The summed E-state index contributed by atoms with van der Waals surface area (Å²) in [4.78, 5) is 23.7. The zero-order chi connectivity index (χ0) is 27.4. The number of hydrogen-bond donors (Lipinski definition) is 2. The van der Waals surface area contributed by atoms with Gasteiger partial charge in [-0.1, -0.05) is 12.1 Å². The van der Waals surface area contributed by atoms with Gasteiger partial charge in [0, 0.05) is 37.2 Å². The molecule has 202 valence electrons. The van der Waals surface area contributed by atoms with Crippen molar-refractivity contribution in [3.05, 3.63) is 92.7 Å². The third-order valence-corrected chi connectivity index (χ3v) is 6.60. The molecule has 5 rings (SSSR count). The van der Waals surface area contributed by atoms with Gasteiger partial charge >= 0.3 is 0 Å². The van der Waals surface area contributed by atoms with Crippen molar-refractivity contribution in [2.24, 2.45) is 0 Å². The third-order valence-electron chi connectivity index (χ3n) is 6.44. The average molecular weight is 553 g/mol. The Hall–Kier alpha value is -4.16. The van der Waals surface area contributed by atoms with Gasteiger partial charge in [0.15, 0.2) is 5.75 Å². The third kappa shape index (κ3) is 6.13. The van der Waals surface area contributed by atoms with Crippen molar-refractivity contribution < 1.29 is 14.1 Å². The molecule has 1 unspecified atom stereocenters. The molecular weight excluding hydrogens is 527 g/mol. The number of hydrogen-bond acceptors (Lipinski definition) is 9. The molecule has 2 heterocycles. The highest BCUT2D eigenvalue weighted by Gasteiger charge is 2.29. The minimum absolute atomic E-state index is 0.0528. The van der Waals surface area contributed by atoms with Crippen LogP contribution in [0.15, 0.2) is 48.8 Å². The Morgan fingerprint density at radius 1 is 1.18 bits per heavy atom. The Kier molecular flexibility index (Phi) is 7.94. The highest BCUT2D eigenvalue weighted by atomic mass is 35.5. The van der Waals surface area contributed by atoms with E-state index in [4.69, 9.17) is 16.3 Å². The van der Waals surface area contributed by atoms with Crippen LogP contribution in [0.1, 0.15) is 35.0 Å². The van der Waals surface area contributed by atoms with Crippen molar-refractivity contribution in [3.63, 3.8) is 0 Å². The second-order valence-electron chi connectivity index (χ2n) is 9.02. The number of halogens is 2. The molecule has 0 saturated carbocycles. The maximum Gasteiger partial charge on any atom is 0.273 e. The molecule has 0 spiro atoms. The minimum atomic E-state index is -0.467. The first-order valence-corrected chi connectivity index (χ1v) is 12.8. The summed E-state index contributed by atoms with van der Waals surface area (Å²) < 4.78 is 20.7. The van der Waals surface area contributed by atoms with Crippen LogP contribution in [0.5, 0.6) is 5.75 Å². The SMILES string of the molecule is Cc1ncn(-c2ccc([N+](=O)[O-])cc2OCCNCCNc2nc(Cl)nc3c2CCC3c2ccc(F)cc2)n1. The van der Waals surface area contributed by atoms with Crippen molar-refractivity contribution >= 4 is 23.1 Å². The molecule has 39 heavy (non-hydrogen) atoms. The summed E-state index contributed by atoms with van der Waals surface area (Å²) in [6.45, 7) is 3.76. The maximum atomic E-state index is 13.4. The number of fused-ring (bicyclic) bond motifs is 1. The number of nitrogens with one attached hydrogen (secondary N) is 2. The van der Waals surface area contributed by atoms with Crippen LogP contribution in [0, 0.1) is 22.9 Å². The van der Waals surface area contributed by atoms with E-state index in [2.05, 4.69) is 30.7 Å². The van der Waals surface area contributed by atoms with Crippen LogP contribution >= 0.6 is 11.6 Å². The molecule has 13 heteroatoms.